The van der Waals surface area contributed by atoms with E-state index in [2.05, 4.69) is 63.1 Å². The lowest BCUT2D eigenvalue weighted by molar-refractivity contribution is -0.143. The third kappa shape index (κ3) is 25.2. The van der Waals surface area contributed by atoms with Crippen molar-refractivity contribution in [3.63, 3.8) is 0 Å². The molecule has 642 valence electrons. The average Bonchev–Trinajstić information content (AvgIpc) is 1.71. The number of aliphatic carboxylic acids is 1. The molecular weight excluding hydrogens is 1590 g/mol. The average molecular weight is 1700 g/mol. The predicted octanol–water partition coefficient (Wildman–Crippen LogP) is 6.59. The first-order chi connectivity index (χ1) is 58.5. The zero-order chi connectivity index (χ0) is 85.5. The van der Waals surface area contributed by atoms with Crippen LogP contribution < -0.4 is 64.6 Å². The summed E-state index contributed by atoms with van der Waals surface area (Å²) in [7, 11) is 0. The molecule has 1 aliphatic carbocycles. The molecule has 4 aliphatic rings. The molecule has 1 saturated carbocycles. The largest absolute Gasteiger partial charge is 0.508 e. The van der Waals surface area contributed by atoms with Gasteiger partial charge in [0.15, 0.2) is 0 Å². The van der Waals surface area contributed by atoms with Crippen molar-refractivity contribution >= 4 is 110 Å². The molecule has 0 radical (unpaired) electrons. The van der Waals surface area contributed by atoms with Crippen LogP contribution in [0.2, 0.25) is 0 Å². The number of nitrogens with two attached hydrogens (primary N) is 2. The number of aromatic amines is 2. The molecular formula is C89H107F2N15O13S2. The molecule has 12 rings (SSSR count). The molecule has 3 aliphatic heterocycles. The van der Waals surface area contributed by atoms with E-state index in [4.69, 9.17) is 11.5 Å². The number of carbonyl (C=O) groups is 11. The smallest absolute Gasteiger partial charge is 0.305 e. The van der Waals surface area contributed by atoms with Crippen molar-refractivity contribution in [1.82, 2.24) is 68.0 Å². The van der Waals surface area contributed by atoms with Crippen molar-refractivity contribution in [3.8, 4) is 16.9 Å². The van der Waals surface area contributed by atoms with E-state index >= 15 is 37.5 Å². The van der Waals surface area contributed by atoms with Gasteiger partial charge < -0.3 is 84.4 Å². The van der Waals surface area contributed by atoms with Crippen molar-refractivity contribution < 1.29 is 71.7 Å². The van der Waals surface area contributed by atoms with Gasteiger partial charge in [0.2, 0.25) is 59.1 Å². The van der Waals surface area contributed by atoms with E-state index in [1.807, 2.05) is 78.9 Å². The number of nitrogens with zero attached hydrogens (tertiary/aromatic N) is 1. The molecule has 3 fully saturated rings. The van der Waals surface area contributed by atoms with E-state index < -0.39 is 150 Å². The summed E-state index contributed by atoms with van der Waals surface area (Å²) in [4.78, 5) is 170. The predicted molar refractivity (Wildman–Crippen MR) is 458 cm³/mol. The number of amides is 10. The number of phenols is 1. The number of aromatic hydroxyl groups is 1. The fourth-order valence-corrected chi connectivity index (χ4v) is 18.6. The van der Waals surface area contributed by atoms with Gasteiger partial charge in [0.05, 0.1) is 13.0 Å². The Morgan fingerprint density at radius 2 is 1.12 bits per heavy atom. The number of rotatable bonds is 19. The number of hydrogen-bond acceptors (Lipinski definition) is 17. The number of halogens is 2. The molecule has 32 heteroatoms. The number of aromatic nitrogens is 2. The summed E-state index contributed by atoms with van der Waals surface area (Å²) in [6, 6.07) is 26.1. The second kappa shape index (κ2) is 43.3. The Morgan fingerprint density at radius 3 is 1.78 bits per heavy atom. The lowest BCUT2D eigenvalue weighted by Crippen LogP contribution is -2.61. The number of fused-ring (bicyclic) bond motifs is 5. The summed E-state index contributed by atoms with van der Waals surface area (Å²) in [5.41, 5.74) is 18.5. The van der Waals surface area contributed by atoms with Crippen LogP contribution in [0, 0.1) is 23.5 Å². The zero-order valence-electron chi connectivity index (χ0n) is 67.3. The van der Waals surface area contributed by atoms with Crippen LogP contribution in [0.15, 0.2) is 152 Å². The Labute approximate surface area is 708 Å². The van der Waals surface area contributed by atoms with Gasteiger partial charge in [-0.1, -0.05) is 123 Å². The Balaban J connectivity index is 0.907. The van der Waals surface area contributed by atoms with Crippen molar-refractivity contribution in [3.05, 3.63) is 197 Å². The molecule has 0 spiro atoms. The molecule has 11 atom stereocenters. The molecule has 5 heterocycles. The van der Waals surface area contributed by atoms with Gasteiger partial charge in [-0.05, 0) is 163 Å². The summed E-state index contributed by atoms with van der Waals surface area (Å²) < 4.78 is 30.3. The van der Waals surface area contributed by atoms with Gasteiger partial charge in [-0.15, -0.1) is 0 Å². The minimum atomic E-state index is -2.04. The van der Waals surface area contributed by atoms with Crippen LogP contribution >= 0.6 is 23.5 Å². The second-order valence-electron chi connectivity index (χ2n) is 31.9. The van der Waals surface area contributed by atoms with Crippen molar-refractivity contribution in [2.24, 2.45) is 23.3 Å². The van der Waals surface area contributed by atoms with Crippen LogP contribution in [-0.4, -0.2) is 188 Å². The highest BCUT2D eigenvalue weighted by Gasteiger charge is 2.45. The molecule has 8 aromatic rings. The summed E-state index contributed by atoms with van der Waals surface area (Å²) in [6.45, 7) is -0.151. The minimum Gasteiger partial charge on any atom is -0.508 e. The molecule has 6 aromatic carbocycles. The maximum atomic E-state index is 16.1. The SMILES string of the molecule is NCCCC[C@@H]1NC(=O)CCSCc2cccc(c2)CSC[C@@H](C(N)=O)NC(=O)[C@@H]2C[C@@H](Cc3ccc(-c4ccccc4)cc3)CN2C(=O)[C@H](Cc2ccc(O)cc2)NC(=O)[C@H](CC2NCNC2C2CCCCCCC2)NC(=O)[C@H](CC(=O)O)NC(=O)[C@H](Cc2c[nH]c3ccc(F)cc23)NC(=O)[C@H](Cc2c[nH]c3ccc(F)cc23)NC(=O)CNC1=O. The standard InChI is InChI=1S/C89H107F2N15O13S2/c90-62-25-29-67-65(40-62)60(44-94-67)38-71-84(114)101-72(39-61-45-95-68-30-26-63(91)41-66(61)68)85(115)103-74(43-80(110)111)87(117)102-73(42-70-81(98-51-97-70)59-16-5-2-1-3-6-17-59)86(116)104-75(36-53-21-27-64(107)28-22-53)89(119)106-47-56(34-52-19-23-58(24-20-52)57-14-7-4-8-15-57)37-77(106)88(118)105-76(82(93)112)50-121-49-55-13-11-12-54(35-55)48-120-33-31-78(108)99-69(18-9-10-32-92)83(113)96-46-79(109)100-71/h4,7-8,11-15,19-30,35,40-41,44-45,56,59,69-77,81,94-95,97-98,107H,1-3,5-6,9-10,16-18,31-34,36-39,42-43,46-51,92H2,(H2,93,112)(H,96,113)(H,99,108)(H,100,109)(H,101,114)(H,102,117)(H,103,115)(H,104,116)(H,105,118)(H,110,111)/t56-,69+,70?,71+,72+,73+,74+,75+,76+,77+,81?/m1/s1. The van der Waals surface area contributed by atoms with Crippen LogP contribution in [0.1, 0.15) is 123 Å². The quantitative estimate of drug-likeness (QED) is 0.0379. The highest BCUT2D eigenvalue weighted by Crippen LogP contribution is 2.33. The highest BCUT2D eigenvalue weighted by molar-refractivity contribution is 7.98. The number of unbranched alkanes of at least 4 members (excludes halogenated alkanes) is 1. The van der Waals surface area contributed by atoms with Gasteiger partial charge in [0.25, 0.3) is 0 Å². The van der Waals surface area contributed by atoms with Crippen LogP contribution in [0.25, 0.3) is 32.9 Å². The number of nitrogens with one attached hydrogen (secondary N) is 12. The van der Waals surface area contributed by atoms with Crippen LogP contribution in [0.4, 0.5) is 8.78 Å². The fraction of sp³-hybridized carbons (Fsp3) is 0.427. The molecule has 2 aromatic heterocycles. The lowest BCUT2D eigenvalue weighted by Gasteiger charge is -2.33. The van der Waals surface area contributed by atoms with Crippen molar-refractivity contribution in [2.45, 2.75) is 187 Å². The van der Waals surface area contributed by atoms with E-state index in [0.29, 0.717) is 77.3 Å². The number of carboxylic acids is 1. The minimum absolute atomic E-state index is 0.00459. The number of phenolic OH excluding ortho intramolecular Hbond substituents is 1. The number of H-pyrrole nitrogens is 2. The third-order valence-corrected chi connectivity index (χ3v) is 25.2. The van der Waals surface area contributed by atoms with Gasteiger partial charge in [-0.25, -0.2) is 8.78 Å². The molecule has 18 N–H and O–H groups in total. The number of primary amides is 1. The Bertz CT molecular complexity index is 4960. The van der Waals surface area contributed by atoms with Gasteiger partial charge in [-0.2, -0.15) is 23.5 Å². The Hall–Kier alpha value is -11.2. The highest BCUT2D eigenvalue weighted by atomic mass is 32.2. The Kier molecular flexibility index (Phi) is 31.9. The lowest BCUT2D eigenvalue weighted by atomic mass is 9.82. The maximum absolute atomic E-state index is 16.1. The fourth-order valence-electron chi connectivity index (χ4n) is 16.7. The van der Waals surface area contributed by atoms with Crippen molar-refractivity contribution in [1.29, 1.82) is 0 Å². The van der Waals surface area contributed by atoms with E-state index in [9.17, 15) is 34.2 Å². The normalized spacial score (nSPS) is 23.9. The van der Waals surface area contributed by atoms with Gasteiger partial charge in [0.1, 0.15) is 65.7 Å². The summed E-state index contributed by atoms with van der Waals surface area (Å²) in [6.07, 6.45) is 8.90. The summed E-state index contributed by atoms with van der Waals surface area (Å²) in [5, 5.41) is 50.8. The number of benzene rings is 6. The first-order valence-electron chi connectivity index (χ1n) is 41.5. The molecule has 2 bridgehead atoms. The third-order valence-electron chi connectivity index (χ3n) is 23.0. The molecule has 28 nitrogen and oxygen atoms in total. The Morgan fingerprint density at radius 1 is 0.545 bits per heavy atom. The molecule has 10 amide bonds. The van der Waals surface area contributed by atoms with E-state index in [1.165, 1.54) is 89.3 Å². The number of carboxylic acid groups (broad SMARTS) is 1. The van der Waals surface area contributed by atoms with Gasteiger partial charge in [0, 0.05) is 108 Å². The summed E-state index contributed by atoms with van der Waals surface area (Å²) in [5.74, 6) is -10.6. The number of thioether (sulfide) groups is 2. The molecule has 2 unspecified atom stereocenters. The molecule has 2 saturated heterocycles. The van der Waals surface area contributed by atoms with Crippen LogP contribution in [0.3, 0.4) is 0 Å². The van der Waals surface area contributed by atoms with E-state index in [0.717, 1.165) is 72.8 Å². The van der Waals surface area contributed by atoms with Crippen molar-refractivity contribution in [2.75, 3.05) is 37.8 Å². The topological polar surface area (TPSA) is 435 Å². The first-order valence-corrected chi connectivity index (χ1v) is 43.8. The second-order valence-corrected chi connectivity index (χ2v) is 34.0. The number of carbonyl (C=O) groups excluding carboxylic acids is 10. The van der Waals surface area contributed by atoms with Gasteiger partial charge in [-0.3, -0.25) is 58.1 Å². The first kappa shape index (κ1) is 89.1. The summed E-state index contributed by atoms with van der Waals surface area (Å²) >= 11 is 2.82. The van der Waals surface area contributed by atoms with E-state index in [1.54, 1.807) is 12.1 Å². The van der Waals surface area contributed by atoms with Crippen LogP contribution in [-0.2, 0) is 89.9 Å². The molecule has 121 heavy (non-hydrogen) atoms. The maximum Gasteiger partial charge on any atom is 0.305 e. The number of hydrogen-bond donors (Lipinski definition) is 16. The van der Waals surface area contributed by atoms with Gasteiger partial charge >= 0.3 is 5.97 Å². The van der Waals surface area contributed by atoms with Crippen LogP contribution in [0.5, 0.6) is 5.75 Å². The zero-order valence-corrected chi connectivity index (χ0v) is 68.9. The van der Waals surface area contributed by atoms with E-state index in [-0.39, 0.29) is 85.4 Å². The monoisotopic (exact) mass is 1700 g/mol.